The highest BCUT2D eigenvalue weighted by atomic mass is 16.1. The van der Waals surface area contributed by atoms with Gasteiger partial charge in [-0.25, -0.2) is 0 Å². The van der Waals surface area contributed by atoms with Crippen molar-refractivity contribution in [2.75, 3.05) is 5.32 Å². The first-order chi connectivity index (χ1) is 6.54. The third-order valence-electron chi connectivity index (χ3n) is 2.07. The summed E-state index contributed by atoms with van der Waals surface area (Å²) in [5.74, 6) is 0.185. The summed E-state index contributed by atoms with van der Waals surface area (Å²) >= 11 is 0. The lowest BCUT2D eigenvalue weighted by atomic mass is 10.2. The number of nitrogens with zero attached hydrogens (tertiary/aromatic N) is 1. The molecule has 0 radical (unpaired) electrons. The molecule has 0 saturated carbocycles. The van der Waals surface area contributed by atoms with Crippen molar-refractivity contribution in [1.82, 2.24) is 4.57 Å². The molecule has 0 aliphatic heterocycles. The van der Waals surface area contributed by atoms with Crippen LogP contribution >= 0.6 is 0 Å². The molecule has 0 aromatic carbocycles. The lowest BCUT2D eigenvalue weighted by molar-refractivity contribution is 0.0980. The fraction of sp³-hybridized carbons (Fsp3) is 0.545. The van der Waals surface area contributed by atoms with E-state index in [0.29, 0.717) is 12.5 Å². The van der Waals surface area contributed by atoms with Crippen LogP contribution < -0.4 is 5.32 Å². The van der Waals surface area contributed by atoms with Gasteiger partial charge in [-0.2, -0.15) is 0 Å². The highest BCUT2D eigenvalue weighted by Gasteiger charge is 2.09. The predicted octanol–water partition coefficient (Wildman–Crippen LogP) is 2.44. The minimum atomic E-state index is 0.185. The molecule has 0 atom stereocenters. The van der Waals surface area contributed by atoms with Crippen LogP contribution in [0.2, 0.25) is 0 Å². The fourth-order valence-corrected chi connectivity index (χ4v) is 1.44. The topological polar surface area (TPSA) is 34.0 Å². The summed E-state index contributed by atoms with van der Waals surface area (Å²) < 4.78 is 1.87. The number of aromatic nitrogens is 1. The summed E-state index contributed by atoms with van der Waals surface area (Å²) in [6.45, 7) is 6.04. The largest absolute Gasteiger partial charge is 0.382 e. The maximum Gasteiger partial charge on any atom is 0.178 e. The van der Waals surface area contributed by atoms with E-state index in [1.165, 1.54) is 0 Å². The maximum atomic E-state index is 11.5. The number of ketones is 1. The van der Waals surface area contributed by atoms with Gasteiger partial charge in [-0.15, -0.1) is 0 Å². The van der Waals surface area contributed by atoms with E-state index in [0.717, 1.165) is 11.4 Å². The Morgan fingerprint density at radius 1 is 1.57 bits per heavy atom. The fourth-order valence-electron chi connectivity index (χ4n) is 1.44. The zero-order valence-electron chi connectivity index (χ0n) is 9.29. The molecule has 1 heterocycles. The Labute approximate surface area is 85.1 Å². The minimum absolute atomic E-state index is 0.185. The van der Waals surface area contributed by atoms with Gasteiger partial charge in [-0.3, -0.25) is 4.79 Å². The molecule has 1 aromatic rings. The van der Waals surface area contributed by atoms with Crippen LogP contribution in [0.3, 0.4) is 0 Å². The van der Waals surface area contributed by atoms with Crippen molar-refractivity contribution in [2.24, 2.45) is 7.05 Å². The second kappa shape index (κ2) is 4.31. The zero-order valence-corrected chi connectivity index (χ0v) is 9.29. The summed E-state index contributed by atoms with van der Waals surface area (Å²) in [6.07, 6.45) is 2.50. The highest BCUT2D eigenvalue weighted by Crippen LogP contribution is 2.15. The first-order valence-electron chi connectivity index (χ1n) is 5.00. The Hall–Kier alpha value is -1.25. The number of anilines is 1. The first-order valence-corrected chi connectivity index (χ1v) is 5.00. The number of rotatable bonds is 4. The molecule has 0 fully saturated rings. The van der Waals surface area contributed by atoms with Gasteiger partial charge in [0, 0.05) is 25.7 Å². The molecule has 0 unspecified atom stereocenters. The molecule has 0 bridgehead atoms. The van der Waals surface area contributed by atoms with Crippen molar-refractivity contribution >= 4 is 11.5 Å². The summed E-state index contributed by atoms with van der Waals surface area (Å²) in [4.78, 5) is 11.5. The third-order valence-corrected chi connectivity index (χ3v) is 2.07. The van der Waals surface area contributed by atoms with Crippen molar-refractivity contribution in [3.05, 3.63) is 18.0 Å². The lowest BCUT2D eigenvalue weighted by Crippen LogP contribution is -2.08. The van der Waals surface area contributed by atoms with Gasteiger partial charge in [0.25, 0.3) is 0 Å². The Kier molecular flexibility index (Phi) is 3.33. The summed E-state index contributed by atoms with van der Waals surface area (Å²) in [5, 5.41) is 3.27. The molecule has 0 saturated heterocycles. The Morgan fingerprint density at radius 3 is 2.71 bits per heavy atom. The quantitative estimate of drug-likeness (QED) is 0.747. The van der Waals surface area contributed by atoms with Crippen LogP contribution in [0.25, 0.3) is 0 Å². The molecule has 0 aliphatic rings. The molecule has 3 nitrogen and oxygen atoms in total. The van der Waals surface area contributed by atoms with Crippen LogP contribution in [-0.2, 0) is 7.05 Å². The second-order valence-electron chi connectivity index (χ2n) is 3.80. The molecule has 1 aromatic heterocycles. The molecule has 0 amide bonds. The van der Waals surface area contributed by atoms with Crippen molar-refractivity contribution in [1.29, 1.82) is 0 Å². The van der Waals surface area contributed by atoms with E-state index >= 15 is 0 Å². The van der Waals surface area contributed by atoms with E-state index in [4.69, 9.17) is 0 Å². The number of Topliss-reactive ketones (excluding diaryl/α,β-unsaturated/α-hetero) is 1. The first kappa shape index (κ1) is 10.8. The van der Waals surface area contributed by atoms with Crippen LogP contribution in [0.15, 0.2) is 12.3 Å². The van der Waals surface area contributed by atoms with E-state index in [2.05, 4.69) is 19.2 Å². The molecule has 1 rings (SSSR count). The van der Waals surface area contributed by atoms with Crippen LogP contribution in [0.1, 0.15) is 37.7 Å². The summed E-state index contributed by atoms with van der Waals surface area (Å²) in [7, 11) is 1.90. The van der Waals surface area contributed by atoms with Gasteiger partial charge < -0.3 is 9.88 Å². The predicted molar refractivity (Wildman–Crippen MR) is 58.8 cm³/mol. The third kappa shape index (κ3) is 2.37. The average molecular weight is 194 g/mol. The van der Waals surface area contributed by atoms with E-state index in [1.807, 2.05) is 30.8 Å². The smallest absolute Gasteiger partial charge is 0.178 e. The average Bonchev–Trinajstić information content (AvgIpc) is 2.44. The van der Waals surface area contributed by atoms with E-state index in [9.17, 15) is 4.79 Å². The van der Waals surface area contributed by atoms with E-state index < -0.39 is 0 Å². The summed E-state index contributed by atoms with van der Waals surface area (Å²) in [6, 6.07) is 2.30. The van der Waals surface area contributed by atoms with E-state index in [1.54, 1.807) is 0 Å². The van der Waals surface area contributed by atoms with E-state index in [-0.39, 0.29) is 5.78 Å². The monoisotopic (exact) mass is 194 g/mol. The molecular formula is C11H18N2O. The molecule has 1 N–H and O–H groups in total. The van der Waals surface area contributed by atoms with Gasteiger partial charge in [0.15, 0.2) is 5.78 Å². The normalized spacial score (nSPS) is 10.6. The molecule has 14 heavy (non-hydrogen) atoms. The maximum absolute atomic E-state index is 11.5. The van der Waals surface area contributed by atoms with Gasteiger partial charge >= 0.3 is 0 Å². The Morgan fingerprint density at radius 2 is 2.21 bits per heavy atom. The number of nitrogens with one attached hydrogen (secondary N) is 1. The van der Waals surface area contributed by atoms with Crippen molar-refractivity contribution in [3.63, 3.8) is 0 Å². The molecular weight excluding hydrogens is 176 g/mol. The number of hydrogen-bond acceptors (Lipinski definition) is 2. The molecule has 78 valence electrons. The number of carbonyl (C=O) groups excluding carboxylic acids is 1. The number of carbonyl (C=O) groups is 1. The number of aryl methyl sites for hydroxylation is 1. The SMILES string of the molecule is CCC(=O)c1cc(NC(C)C)cn1C. The van der Waals surface area contributed by atoms with Gasteiger partial charge in [-0.1, -0.05) is 6.92 Å². The van der Waals surface area contributed by atoms with Gasteiger partial charge in [-0.05, 0) is 19.9 Å². The Bertz CT molecular complexity index is 326. The Balaban J connectivity index is 2.87. The standard InChI is InChI=1S/C11H18N2O/c1-5-11(14)10-6-9(7-13(10)4)12-8(2)3/h6-8,12H,5H2,1-4H3. The van der Waals surface area contributed by atoms with Gasteiger partial charge in [0.2, 0.25) is 0 Å². The van der Waals surface area contributed by atoms with Gasteiger partial charge in [0.05, 0.1) is 11.4 Å². The zero-order chi connectivity index (χ0) is 10.7. The van der Waals surface area contributed by atoms with Crippen LogP contribution in [0.5, 0.6) is 0 Å². The van der Waals surface area contributed by atoms with Crippen LogP contribution in [0, 0.1) is 0 Å². The van der Waals surface area contributed by atoms with Crippen molar-refractivity contribution in [3.8, 4) is 0 Å². The molecule has 3 heteroatoms. The second-order valence-corrected chi connectivity index (χ2v) is 3.80. The van der Waals surface area contributed by atoms with Crippen molar-refractivity contribution < 1.29 is 4.79 Å². The van der Waals surface area contributed by atoms with Gasteiger partial charge in [0.1, 0.15) is 0 Å². The highest BCUT2D eigenvalue weighted by molar-refractivity contribution is 5.95. The van der Waals surface area contributed by atoms with Crippen LogP contribution in [0.4, 0.5) is 5.69 Å². The van der Waals surface area contributed by atoms with Crippen LogP contribution in [-0.4, -0.2) is 16.4 Å². The summed E-state index contributed by atoms with van der Waals surface area (Å²) in [5.41, 5.74) is 1.79. The minimum Gasteiger partial charge on any atom is -0.382 e. The lowest BCUT2D eigenvalue weighted by Gasteiger charge is -2.05. The van der Waals surface area contributed by atoms with Crippen molar-refractivity contribution in [2.45, 2.75) is 33.2 Å². The molecule has 0 spiro atoms. The number of hydrogen-bond donors (Lipinski definition) is 1. The molecule has 0 aliphatic carbocycles.